The first-order chi connectivity index (χ1) is 8.06. The molecule has 7 heteroatoms. The van der Waals surface area contributed by atoms with E-state index >= 15 is 0 Å². The maximum absolute atomic E-state index is 11.4. The van der Waals surface area contributed by atoms with Crippen molar-refractivity contribution in [2.45, 2.75) is 0 Å². The smallest absolute Gasteiger partial charge is 0.340 e. The first-order valence-electron chi connectivity index (χ1n) is 4.31. The molecule has 17 heavy (non-hydrogen) atoms. The van der Waals surface area contributed by atoms with Crippen molar-refractivity contribution in [2.75, 3.05) is 7.11 Å². The molecule has 0 heterocycles. The molecule has 0 N–H and O–H groups in total. The van der Waals surface area contributed by atoms with Crippen LogP contribution in [0.5, 0.6) is 0 Å². The zero-order valence-electron chi connectivity index (χ0n) is 8.67. The van der Waals surface area contributed by atoms with Gasteiger partial charge in [0.1, 0.15) is 11.6 Å². The first-order valence-corrected chi connectivity index (χ1v) is 4.31. The highest BCUT2D eigenvalue weighted by molar-refractivity contribution is 6.02. The van der Waals surface area contributed by atoms with E-state index in [9.17, 15) is 19.7 Å². The highest BCUT2D eigenvalue weighted by Gasteiger charge is 2.25. The van der Waals surface area contributed by atoms with E-state index in [1.54, 1.807) is 6.07 Å². The summed E-state index contributed by atoms with van der Waals surface area (Å²) in [5.74, 6) is -0.965. The molecule has 0 aromatic heterocycles. The summed E-state index contributed by atoms with van der Waals surface area (Å²) in [6, 6.07) is 3.76. The minimum absolute atomic E-state index is 0.149. The predicted octanol–water partition coefficient (Wildman–Crippen LogP) is 1.07. The van der Waals surface area contributed by atoms with Crippen LogP contribution in [0.15, 0.2) is 12.1 Å². The van der Waals surface area contributed by atoms with Crippen LogP contribution >= 0.6 is 0 Å². The molecule has 0 unspecified atom stereocenters. The molecule has 0 saturated heterocycles. The number of nitro groups is 1. The Morgan fingerprint density at radius 3 is 2.65 bits per heavy atom. The third-order valence-corrected chi connectivity index (χ3v) is 2.05. The van der Waals surface area contributed by atoms with Crippen molar-refractivity contribution in [1.29, 1.82) is 5.26 Å². The number of nitro benzene ring substituents is 1. The molecule has 7 nitrogen and oxygen atoms in total. The Kier molecular flexibility index (Phi) is 3.51. The van der Waals surface area contributed by atoms with E-state index in [1.165, 1.54) is 0 Å². The Morgan fingerprint density at radius 1 is 1.59 bits per heavy atom. The molecule has 0 bridgehead atoms. The SMILES string of the molecule is COC(=O)c1c(C#N)ccc([N+](=O)[O-])c1C=O. The fraction of sp³-hybridized carbons (Fsp3) is 0.100. The van der Waals surface area contributed by atoms with Crippen molar-refractivity contribution in [2.24, 2.45) is 0 Å². The van der Waals surface area contributed by atoms with Gasteiger partial charge in [0.25, 0.3) is 5.69 Å². The van der Waals surface area contributed by atoms with Crippen molar-refractivity contribution in [3.63, 3.8) is 0 Å². The normalized spacial score (nSPS) is 9.18. The number of hydrogen-bond donors (Lipinski definition) is 0. The summed E-state index contributed by atoms with van der Waals surface area (Å²) in [6.07, 6.45) is 0.158. The van der Waals surface area contributed by atoms with E-state index in [0.717, 1.165) is 19.2 Å². The maximum Gasteiger partial charge on any atom is 0.340 e. The van der Waals surface area contributed by atoms with Gasteiger partial charge in [0.15, 0.2) is 6.29 Å². The van der Waals surface area contributed by atoms with Gasteiger partial charge in [-0.25, -0.2) is 4.79 Å². The number of esters is 1. The topological polar surface area (TPSA) is 110 Å². The lowest BCUT2D eigenvalue weighted by atomic mass is 10.0. The van der Waals surface area contributed by atoms with Gasteiger partial charge in [0.2, 0.25) is 0 Å². The van der Waals surface area contributed by atoms with Gasteiger partial charge in [0, 0.05) is 6.07 Å². The largest absolute Gasteiger partial charge is 0.465 e. The summed E-state index contributed by atoms with van der Waals surface area (Å²) in [7, 11) is 1.05. The number of ether oxygens (including phenoxy) is 1. The van der Waals surface area contributed by atoms with Crippen LogP contribution in [0.3, 0.4) is 0 Å². The molecule has 0 spiro atoms. The molecular weight excluding hydrogens is 228 g/mol. The van der Waals surface area contributed by atoms with Crippen LogP contribution in [0.25, 0.3) is 0 Å². The quantitative estimate of drug-likeness (QED) is 0.334. The Labute approximate surface area is 95.4 Å². The number of benzene rings is 1. The zero-order chi connectivity index (χ0) is 13.0. The van der Waals surface area contributed by atoms with Gasteiger partial charge in [-0.05, 0) is 6.07 Å². The van der Waals surface area contributed by atoms with Gasteiger partial charge in [-0.15, -0.1) is 0 Å². The Hall–Kier alpha value is -2.75. The number of methoxy groups -OCH3 is 1. The summed E-state index contributed by atoms with van der Waals surface area (Å²) in [5, 5.41) is 19.4. The van der Waals surface area contributed by atoms with Gasteiger partial charge >= 0.3 is 5.97 Å². The third-order valence-electron chi connectivity index (χ3n) is 2.05. The predicted molar refractivity (Wildman–Crippen MR) is 54.5 cm³/mol. The molecule has 1 aromatic carbocycles. The summed E-state index contributed by atoms with van der Waals surface area (Å²) in [4.78, 5) is 32.1. The first kappa shape index (κ1) is 12.3. The second-order valence-corrected chi connectivity index (χ2v) is 2.90. The van der Waals surface area contributed by atoms with Gasteiger partial charge in [0.05, 0.1) is 23.2 Å². The number of aldehydes is 1. The second kappa shape index (κ2) is 4.85. The third kappa shape index (κ3) is 2.10. The van der Waals surface area contributed by atoms with E-state index < -0.39 is 22.1 Å². The Bertz CT molecular complexity index is 544. The van der Waals surface area contributed by atoms with E-state index in [1.807, 2.05) is 0 Å². The molecule has 0 aliphatic heterocycles. The van der Waals surface area contributed by atoms with Gasteiger partial charge < -0.3 is 4.74 Å². The molecule has 0 amide bonds. The summed E-state index contributed by atoms with van der Waals surface area (Å²) < 4.78 is 4.38. The fourth-order valence-corrected chi connectivity index (χ4v) is 1.30. The molecule has 0 fully saturated rings. The Morgan fingerprint density at radius 2 is 2.24 bits per heavy atom. The van der Waals surface area contributed by atoms with Crippen molar-refractivity contribution >= 4 is 17.9 Å². The van der Waals surface area contributed by atoms with Gasteiger partial charge in [-0.1, -0.05) is 0 Å². The van der Waals surface area contributed by atoms with Crippen molar-refractivity contribution in [3.8, 4) is 6.07 Å². The Balaban J connectivity index is 3.67. The molecule has 0 aliphatic rings. The van der Waals surface area contributed by atoms with Crippen molar-refractivity contribution in [3.05, 3.63) is 38.9 Å². The van der Waals surface area contributed by atoms with Crippen molar-refractivity contribution in [1.82, 2.24) is 0 Å². The minimum Gasteiger partial charge on any atom is -0.465 e. The number of carbonyl (C=O) groups is 2. The van der Waals surface area contributed by atoms with Crippen LogP contribution in [0.1, 0.15) is 26.3 Å². The van der Waals surface area contributed by atoms with Gasteiger partial charge in [-0.2, -0.15) is 5.26 Å². The van der Waals surface area contributed by atoms with E-state index in [4.69, 9.17) is 5.26 Å². The van der Waals surface area contributed by atoms with Crippen LogP contribution in [0.4, 0.5) is 5.69 Å². The molecule has 1 rings (SSSR count). The fourth-order valence-electron chi connectivity index (χ4n) is 1.30. The molecular formula is C10H6N2O5. The summed E-state index contributed by atoms with van der Waals surface area (Å²) in [5.41, 5.74) is -1.54. The average molecular weight is 234 g/mol. The van der Waals surface area contributed by atoms with Crippen molar-refractivity contribution < 1.29 is 19.2 Å². The van der Waals surface area contributed by atoms with E-state index in [-0.39, 0.29) is 17.4 Å². The summed E-state index contributed by atoms with van der Waals surface area (Å²) >= 11 is 0. The number of nitriles is 1. The number of carbonyl (C=O) groups excluding carboxylic acids is 2. The van der Waals surface area contributed by atoms with Crippen LogP contribution in [0.2, 0.25) is 0 Å². The number of hydrogen-bond acceptors (Lipinski definition) is 6. The van der Waals surface area contributed by atoms with Crippen LogP contribution in [-0.2, 0) is 4.74 Å². The molecule has 0 atom stereocenters. The van der Waals surface area contributed by atoms with E-state index in [2.05, 4.69) is 4.74 Å². The summed E-state index contributed by atoms with van der Waals surface area (Å²) in [6.45, 7) is 0. The molecule has 0 radical (unpaired) electrons. The van der Waals surface area contributed by atoms with E-state index in [0.29, 0.717) is 0 Å². The minimum atomic E-state index is -0.965. The zero-order valence-corrected chi connectivity index (χ0v) is 8.67. The van der Waals surface area contributed by atoms with Crippen LogP contribution in [-0.4, -0.2) is 24.3 Å². The van der Waals surface area contributed by atoms with Crippen LogP contribution < -0.4 is 0 Å². The highest BCUT2D eigenvalue weighted by atomic mass is 16.6. The second-order valence-electron chi connectivity index (χ2n) is 2.90. The average Bonchev–Trinajstić information content (AvgIpc) is 2.35. The highest BCUT2D eigenvalue weighted by Crippen LogP contribution is 2.24. The molecule has 86 valence electrons. The monoisotopic (exact) mass is 234 g/mol. The maximum atomic E-state index is 11.4. The molecule has 0 aliphatic carbocycles. The van der Waals surface area contributed by atoms with Crippen LogP contribution in [0, 0.1) is 21.4 Å². The number of nitrogens with zero attached hydrogens (tertiary/aromatic N) is 2. The standard InChI is InChI=1S/C10H6N2O5/c1-17-10(14)9-6(4-11)2-3-8(12(15)16)7(9)5-13/h2-3,5H,1H3. The lowest BCUT2D eigenvalue weighted by Gasteiger charge is -2.05. The molecule has 0 saturated carbocycles. The lowest BCUT2D eigenvalue weighted by molar-refractivity contribution is -0.385. The number of rotatable bonds is 3. The molecule has 1 aromatic rings. The lowest BCUT2D eigenvalue weighted by Crippen LogP contribution is -2.10. The van der Waals surface area contributed by atoms with Gasteiger partial charge in [-0.3, -0.25) is 14.9 Å².